The van der Waals surface area contributed by atoms with Gasteiger partial charge >= 0.3 is 0 Å². The quantitative estimate of drug-likeness (QED) is 0.801. The van der Waals surface area contributed by atoms with Crippen molar-refractivity contribution in [3.8, 4) is 11.1 Å². The average molecular weight is 238 g/mol. The molecule has 0 radical (unpaired) electrons. The molecule has 0 unspecified atom stereocenters. The van der Waals surface area contributed by atoms with Gasteiger partial charge in [-0.3, -0.25) is 4.79 Å². The molecule has 0 aliphatic heterocycles. The van der Waals surface area contributed by atoms with Gasteiger partial charge in [0.05, 0.1) is 5.88 Å². The van der Waals surface area contributed by atoms with Crippen molar-refractivity contribution in [2.24, 2.45) is 0 Å². The van der Waals surface area contributed by atoms with Crippen LogP contribution in [0, 0.1) is 5.82 Å². The number of nitrogens with one attached hydrogen (secondary N) is 1. The molecule has 0 saturated heterocycles. The molecule has 0 aliphatic carbocycles. The number of H-pyrrole nitrogens is 1. The lowest BCUT2D eigenvalue weighted by Crippen LogP contribution is -2.10. The summed E-state index contributed by atoms with van der Waals surface area (Å²) in [6.45, 7) is 0. The lowest BCUT2D eigenvalue weighted by Gasteiger charge is -2.01. The van der Waals surface area contributed by atoms with Crippen molar-refractivity contribution in [2.75, 3.05) is 0 Å². The van der Waals surface area contributed by atoms with Crippen molar-refractivity contribution in [2.45, 2.75) is 5.88 Å². The molecule has 1 aromatic carbocycles. The fraction of sp³-hybridized carbons (Fsp3) is 0.0833. The van der Waals surface area contributed by atoms with Gasteiger partial charge in [0.1, 0.15) is 5.82 Å². The molecule has 0 atom stereocenters. The monoisotopic (exact) mass is 237 g/mol. The molecule has 16 heavy (non-hydrogen) atoms. The summed E-state index contributed by atoms with van der Waals surface area (Å²) in [7, 11) is 0. The predicted molar refractivity (Wildman–Crippen MR) is 62.0 cm³/mol. The van der Waals surface area contributed by atoms with Crippen LogP contribution in [0.4, 0.5) is 4.39 Å². The van der Waals surface area contributed by atoms with Crippen LogP contribution >= 0.6 is 11.6 Å². The van der Waals surface area contributed by atoms with E-state index in [9.17, 15) is 9.18 Å². The largest absolute Gasteiger partial charge is 0.324 e. The fourth-order valence-corrected chi connectivity index (χ4v) is 1.61. The number of aromatic amines is 1. The second kappa shape index (κ2) is 4.49. The molecule has 1 N–H and O–H groups in total. The summed E-state index contributed by atoms with van der Waals surface area (Å²) in [5.41, 5.74) is 1.64. The van der Waals surface area contributed by atoms with Crippen molar-refractivity contribution in [1.29, 1.82) is 0 Å². The summed E-state index contributed by atoms with van der Waals surface area (Å²) in [4.78, 5) is 14.3. The Morgan fingerprint density at radius 2 is 1.81 bits per heavy atom. The van der Waals surface area contributed by atoms with Gasteiger partial charge in [0.15, 0.2) is 0 Å². The molecule has 0 saturated carbocycles. The molecule has 2 nitrogen and oxygen atoms in total. The van der Waals surface area contributed by atoms with E-state index >= 15 is 0 Å². The van der Waals surface area contributed by atoms with E-state index < -0.39 is 0 Å². The van der Waals surface area contributed by atoms with E-state index in [1.54, 1.807) is 24.3 Å². The Morgan fingerprint density at radius 3 is 2.38 bits per heavy atom. The molecule has 4 heteroatoms. The molecular formula is C12H9ClFNO. The summed E-state index contributed by atoms with van der Waals surface area (Å²) in [6.07, 6.45) is 0. The Hall–Kier alpha value is -1.61. The summed E-state index contributed by atoms with van der Waals surface area (Å²) in [5, 5.41) is 0. The van der Waals surface area contributed by atoms with Crippen molar-refractivity contribution < 1.29 is 4.39 Å². The lowest BCUT2D eigenvalue weighted by atomic mass is 10.1. The molecule has 0 amide bonds. The van der Waals surface area contributed by atoms with Gasteiger partial charge in [-0.15, -0.1) is 11.6 Å². The molecule has 0 fully saturated rings. The molecule has 2 aromatic rings. The Morgan fingerprint density at radius 1 is 1.12 bits per heavy atom. The van der Waals surface area contributed by atoms with Crippen molar-refractivity contribution >= 4 is 11.6 Å². The van der Waals surface area contributed by atoms with E-state index in [0.29, 0.717) is 16.8 Å². The molecule has 1 heterocycles. The Balaban J connectivity index is 2.48. The minimum absolute atomic E-state index is 0.218. The summed E-state index contributed by atoms with van der Waals surface area (Å²) < 4.78 is 12.7. The zero-order valence-electron chi connectivity index (χ0n) is 8.34. The highest BCUT2D eigenvalue weighted by atomic mass is 35.5. The van der Waals surface area contributed by atoms with E-state index in [0.717, 1.165) is 0 Å². The third kappa shape index (κ3) is 2.14. The molecule has 2 rings (SSSR count). The fourth-order valence-electron chi connectivity index (χ4n) is 1.45. The molecule has 0 bridgehead atoms. The van der Waals surface area contributed by atoms with Gasteiger partial charge in [0.2, 0.25) is 0 Å². The van der Waals surface area contributed by atoms with Gasteiger partial charge in [0.25, 0.3) is 5.56 Å². The van der Waals surface area contributed by atoms with Gasteiger partial charge in [-0.1, -0.05) is 12.1 Å². The van der Waals surface area contributed by atoms with Crippen LogP contribution in [-0.2, 0) is 5.88 Å². The first-order chi connectivity index (χ1) is 7.70. The van der Waals surface area contributed by atoms with Crippen LogP contribution in [0.25, 0.3) is 11.1 Å². The number of hydrogen-bond acceptors (Lipinski definition) is 1. The number of benzene rings is 1. The van der Waals surface area contributed by atoms with Crippen LogP contribution in [0.5, 0.6) is 0 Å². The van der Waals surface area contributed by atoms with Gasteiger partial charge in [-0.05, 0) is 29.8 Å². The van der Waals surface area contributed by atoms with Gasteiger partial charge in [0, 0.05) is 11.3 Å². The van der Waals surface area contributed by atoms with Crippen LogP contribution in [0.15, 0.2) is 41.2 Å². The number of aromatic nitrogens is 1. The number of alkyl halides is 1. The van der Waals surface area contributed by atoms with Crippen LogP contribution < -0.4 is 5.56 Å². The average Bonchev–Trinajstić information content (AvgIpc) is 2.30. The summed E-state index contributed by atoms with van der Waals surface area (Å²) in [6, 6.07) is 9.21. The summed E-state index contributed by atoms with van der Waals surface area (Å²) in [5.74, 6) is -0.0589. The first-order valence-corrected chi connectivity index (χ1v) is 5.28. The highest BCUT2D eigenvalue weighted by Gasteiger charge is 2.03. The van der Waals surface area contributed by atoms with Crippen molar-refractivity contribution in [3.63, 3.8) is 0 Å². The first-order valence-electron chi connectivity index (χ1n) is 4.75. The Labute approximate surface area is 96.7 Å². The maximum Gasteiger partial charge on any atom is 0.256 e. The van der Waals surface area contributed by atoms with Crippen LogP contribution in [0.1, 0.15) is 5.69 Å². The van der Waals surface area contributed by atoms with Crippen molar-refractivity contribution in [1.82, 2.24) is 4.98 Å². The zero-order chi connectivity index (χ0) is 11.5. The van der Waals surface area contributed by atoms with Crippen LogP contribution in [0.3, 0.4) is 0 Å². The second-order valence-electron chi connectivity index (χ2n) is 3.37. The van der Waals surface area contributed by atoms with E-state index in [-0.39, 0.29) is 17.3 Å². The van der Waals surface area contributed by atoms with E-state index in [1.807, 2.05) is 0 Å². The Bertz CT molecular complexity index is 548. The van der Waals surface area contributed by atoms with Crippen molar-refractivity contribution in [3.05, 3.63) is 58.3 Å². The topological polar surface area (TPSA) is 32.9 Å². The minimum atomic E-state index is -0.322. The third-order valence-electron chi connectivity index (χ3n) is 2.27. The maximum absolute atomic E-state index is 12.7. The first kappa shape index (κ1) is 10.9. The third-order valence-corrected chi connectivity index (χ3v) is 2.56. The molecule has 0 aliphatic rings. The molecule has 82 valence electrons. The molecule has 0 spiro atoms. The standard InChI is InChI=1S/C12H9ClFNO/c13-7-10-5-6-11(12(16)15-10)8-1-3-9(14)4-2-8/h1-6H,7H2,(H,15,16). The maximum atomic E-state index is 12.7. The Kier molecular flexibility index (Phi) is 3.06. The number of rotatable bonds is 2. The van der Waals surface area contributed by atoms with E-state index in [1.165, 1.54) is 12.1 Å². The molecule has 1 aromatic heterocycles. The zero-order valence-corrected chi connectivity index (χ0v) is 9.09. The normalized spacial score (nSPS) is 10.4. The van der Waals surface area contributed by atoms with Gasteiger partial charge in [-0.2, -0.15) is 0 Å². The number of halogens is 2. The highest BCUT2D eigenvalue weighted by Crippen LogP contribution is 2.15. The SMILES string of the molecule is O=c1[nH]c(CCl)ccc1-c1ccc(F)cc1. The van der Waals surface area contributed by atoms with E-state index in [2.05, 4.69) is 4.98 Å². The number of pyridine rings is 1. The smallest absolute Gasteiger partial charge is 0.256 e. The van der Waals surface area contributed by atoms with Crippen LogP contribution in [-0.4, -0.2) is 4.98 Å². The van der Waals surface area contributed by atoms with Gasteiger partial charge < -0.3 is 4.98 Å². The molecular weight excluding hydrogens is 229 g/mol. The van der Waals surface area contributed by atoms with Crippen LogP contribution in [0.2, 0.25) is 0 Å². The van der Waals surface area contributed by atoms with Gasteiger partial charge in [-0.25, -0.2) is 4.39 Å². The number of hydrogen-bond donors (Lipinski definition) is 1. The van der Waals surface area contributed by atoms with E-state index in [4.69, 9.17) is 11.6 Å². The second-order valence-corrected chi connectivity index (χ2v) is 3.63. The summed E-state index contributed by atoms with van der Waals surface area (Å²) >= 11 is 5.60. The minimum Gasteiger partial charge on any atom is -0.324 e. The predicted octanol–water partition coefficient (Wildman–Crippen LogP) is 2.92. The lowest BCUT2D eigenvalue weighted by molar-refractivity contribution is 0.628. The highest BCUT2D eigenvalue weighted by molar-refractivity contribution is 6.16.